The van der Waals surface area contributed by atoms with Gasteiger partial charge in [-0.2, -0.15) is 10.4 Å². The normalized spacial score (nSPS) is 11.0. The van der Waals surface area contributed by atoms with E-state index in [1.165, 1.54) is 11.8 Å². The van der Waals surface area contributed by atoms with Gasteiger partial charge in [0, 0.05) is 28.5 Å². The number of aryl methyl sites for hydroxylation is 1. The number of thioether (sulfide) groups is 1. The van der Waals surface area contributed by atoms with Gasteiger partial charge in [0.15, 0.2) is 0 Å². The monoisotopic (exact) mass is 649 g/mol. The number of nitriles is 1. The topological polar surface area (TPSA) is 92.3 Å². The molecule has 0 aliphatic heterocycles. The Kier molecular flexibility index (Phi) is 9.84. The van der Waals surface area contributed by atoms with E-state index >= 15 is 0 Å². The SMILES string of the molecule is COCc1cc(C)nc(SCC(=O)N/N=C/c2cc(-c3ccccc3)n(-c3ccc(Br)cc3)c2-c2ccccc2)c1C#N. The van der Waals surface area contributed by atoms with E-state index in [0.29, 0.717) is 17.2 Å². The fraction of sp³-hybridized carbons (Fsp3) is 0.118. The van der Waals surface area contributed by atoms with E-state index in [4.69, 9.17) is 4.74 Å². The highest BCUT2D eigenvalue weighted by molar-refractivity contribution is 9.10. The highest BCUT2D eigenvalue weighted by atomic mass is 79.9. The number of carbonyl (C=O) groups is 1. The number of benzene rings is 3. The van der Waals surface area contributed by atoms with Gasteiger partial charge in [-0.3, -0.25) is 4.79 Å². The Morgan fingerprint density at radius 2 is 1.72 bits per heavy atom. The molecule has 1 amide bonds. The molecule has 9 heteroatoms. The third kappa shape index (κ3) is 7.12. The van der Waals surface area contributed by atoms with Crippen molar-refractivity contribution in [1.29, 1.82) is 5.26 Å². The summed E-state index contributed by atoms with van der Waals surface area (Å²) in [7, 11) is 1.58. The molecule has 5 rings (SSSR count). The highest BCUT2D eigenvalue weighted by Gasteiger charge is 2.19. The van der Waals surface area contributed by atoms with Gasteiger partial charge in [-0.1, -0.05) is 88.4 Å². The number of rotatable bonds is 10. The fourth-order valence-corrected chi connectivity index (χ4v) is 5.87. The maximum Gasteiger partial charge on any atom is 0.250 e. The molecule has 0 saturated carbocycles. The summed E-state index contributed by atoms with van der Waals surface area (Å²) in [6, 6.07) is 34.6. The van der Waals surface area contributed by atoms with Crippen LogP contribution in [0.2, 0.25) is 0 Å². The Labute approximate surface area is 263 Å². The summed E-state index contributed by atoms with van der Waals surface area (Å²) in [6.07, 6.45) is 1.68. The summed E-state index contributed by atoms with van der Waals surface area (Å²) in [5.74, 6) is -0.256. The van der Waals surface area contributed by atoms with Crippen LogP contribution in [0.4, 0.5) is 0 Å². The second kappa shape index (κ2) is 14.1. The number of hydrogen-bond acceptors (Lipinski definition) is 6. The Morgan fingerprint density at radius 3 is 2.37 bits per heavy atom. The number of aromatic nitrogens is 2. The minimum Gasteiger partial charge on any atom is -0.380 e. The van der Waals surface area contributed by atoms with E-state index in [1.54, 1.807) is 13.3 Å². The van der Waals surface area contributed by atoms with Crippen molar-refractivity contribution in [3.63, 3.8) is 0 Å². The van der Waals surface area contributed by atoms with E-state index in [9.17, 15) is 10.1 Å². The Hall–Kier alpha value is -4.49. The Bertz CT molecular complexity index is 1800. The second-order valence-electron chi connectivity index (χ2n) is 9.61. The lowest BCUT2D eigenvalue weighted by molar-refractivity contribution is -0.118. The van der Waals surface area contributed by atoms with E-state index in [-0.39, 0.29) is 11.7 Å². The molecular weight excluding hydrogens is 622 g/mol. The van der Waals surface area contributed by atoms with Crippen molar-refractivity contribution in [3.8, 4) is 34.3 Å². The van der Waals surface area contributed by atoms with Crippen molar-refractivity contribution in [2.75, 3.05) is 12.9 Å². The molecule has 0 bridgehead atoms. The molecule has 7 nitrogen and oxygen atoms in total. The smallest absolute Gasteiger partial charge is 0.250 e. The van der Waals surface area contributed by atoms with Gasteiger partial charge in [0.05, 0.1) is 35.5 Å². The third-order valence-corrected chi connectivity index (χ3v) is 8.08. The average molecular weight is 651 g/mol. The predicted octanol–water partition coefficient (Wildman–Crippen LogP) is 7.54. The van der Waals surface area contributed by atoms with Gasteiger partial charge in [0.2, 0.25) is 5.91 Å². The molecule has 3 aromatic carbocycles. The van der Waals surface area contributed by atoms with Crippen molar-refractivity contribution >= 4 is 39.8 Å². The number of nitrogens with one attached hydrogen (secondary N) is 1. The first kappa shape index (κ1) is 30.0. The van der Waals surface area contributed by atoms with Crippen molar-refractivity contribution < 1.29 is 9.53 Å². The van der Waals surface area contributed by atoms with Crippen LogP contribution in [-0.2, 0) is 16.1 Å². The zero-order valence-corrected chi connectivity index (χ0v) is 26.0. The molecule has 0 atom stereocenters. The minimum atomic E-state index is -0.307. The quantitative estimate of drug-likeness (QED) is 0.0959. The lowest BCUT2D eigenvalue weighted by Gasteiger charge is -2.15. The number of nitrogens with zero attached hydrogens (tertiary/aromatic N) is 4. The average Bonchev–Trinajstić information content (AvgIpc) is 3.40. The molecule has 0 spiro atoms. The summed E-state index contributed by atoms with van der Waals surface area (Å²) in [4.78, 5) is 17.3. The lowest BCUT2D eigenvalue weighted by atomic mass is 10.1. The van der Waals surface area contributed by atoms with Gasteiger partial charge in [-0.25, -0.2) is 10.4 Å². The second-order valence-corrected chi connectivity index (χ2v) is 11.5. The summed E-state index contributed by atoms with van der Waals surface area (Å²) in [5.41, 5.74) is 10.4. The summed E-state index contributed by atoms with van der Waals surface area (Å²) >= 11 is 4.75. The molecule has 0 aliphatic rings. The van der Waals surface area contributed by atoms with Crippen LogP contribution in [0, 0.1) is 18.3 Å². The number of amides is 1. The van der Waals surface area contributed by atoms with Gasteiger partial charge in [0.1, 0.15) is 11.1 Å². The maximum atomic E-state index is 12.8. The molecule has 0 radical (unpaired) electrons. The van der Waals surface area contributed by atoms with Crippen LogP contribution >= 0.6 is 27.7 Å². The molecular formula is C34H28BrN5O2S. The first-order valence-corrected chi connectivity index (χ1v) is 15.2. The third-order valence-electron chi connectivity index (χ3n) is 6.57. The predicted molar refractivity (Wildman–Crippen MR) is 175 cm³/mol. The molecule has 1 N–H and O–H groups in total. The van der Waals surface area contributed by atoms with Gasteiger partial charge in [-0.15, -0.1) is 0 Å². The number of halogens is 1. The van der Waals surface area contributed by atoms with E-state index < -0.39 is 0 Å². The van der Waals surface area contributed by atoms with Gasteiger partial charge < -0.3 is 9.30 Å². The zero-order valence-electron chi connectivity index (χ0n) is 23.6. The van der Waals surface area contributed by atoms with E-state index in [1.807, 2.05) is 61.5 Å². The van der Waals surface area contributed by atoms with Crippen LogP contribution in [-0.4, -0.2) is 34.5 Å². The van der Waals surface area contributed by atoms with Crippen molar-refractivity contribution in [1.82, 2.24) is 15.0 Å². The van der Waals surface area contributed by atoms with Crippen LogP contribution in [0.1, 0.15) is 22.4 Å². The molecule has 0 aliphatic carbocycles. The number of hydrogen-bond donors (Lipinski definition) is 1. The van der Waals surface area contributed by atoms with Crippen LogP contribution < -0.4 is 5.43 Å². The molecule has 0 saturated heterocycles. The van der Waals surface area contributed by atoms with Gasteiger partial charge >= 0.3 is 0 Å². The van der Waals surface area contributed by atoms with E-state index in [2.05, 4.69) is 84.5 Å². The first-order valence-electron chi connectivity index (χ1n) is 13.4. The molecule has 5 aromatic rings. The summed E-state index contributed by atoms with van der Waals surface area (Å²) < 4.78 is 8.42. The molecule has 0 fully saturated rings. The van der Waals surface area contributed by atoms with Crippen molar-refractivity contribution in [2.24, 2.45) is 5.10 Å². The number of pyridine rings is 1. The number of carbonyl (C=O) groups excluding carboxylic acids is 1. The molecule has 43 heavy (non-hydrogen) atoms. The van der Waals surface area contributed by atoms with Crippen molar-refractivity contribution in [3.05, 3.63) is 124 Å². The van der Waals surface area contributed by atoms with Crippen LogP contribution in [0.15, 0.2) is 112 Å². The molecule has 2 heterocycles. The lowest BCUT2D eigenvalue weighted by Crippen LogP contribution is -2.20. The maximum absolute atomic E-state index is 12.8. The minimum absolute atomic E-state index is 0.0512. The molecule has 0 unspecified atom stereocenters. The molecule has 214 valence electrons. The first-order chi connectivity index (χ1) is 21.0. The summed E-state index contributed by atoms with van der Waals surface area (Å²) in [5, 5.41) is 14.5. The molecule has 2 aromatic heterocycles. The van der Waals surface area contributed by atoms with Crippen LogP contribution in [0.25, 0.3) is 28.2 Å². The van der Waals surface area contributed by atoms with Gasteiger partial charge in [0.25, 0.3) is 0 Å². The number of ether oxygens (including phenoxy) is 1. The Morgan fingerprint density at radius 1 is 1.05 bits per heavy atom. The fourth-order valence-electron chi connectivity index (χ4n) is 4.74. The highest BCUT2D eigenvalue weighted by Crippen LogP contribution is 2.35. The number of methoxy groups -OCH3 is 1. The standard InChI is InChI=1S/C34H28BrN5O2S/c1-23-17-27(21-42-2)30(19-36)34(38-23)43-22-32(41)39-37-20-26-18-31(24-9-5-3-6-10-24)40(29-15-13-28(35)14-16-29)33(26)25-11-7-4-8-12-25/h3-18,20H,21-22H2,1-2H3,(H,39,41)/b37-20+. The summed E-state index contributed by atoms with van der Waals surface area (Å²) in [6.45, 7) is 2.15. The largest absolute Gasteiger partial charge is 0.380 e. The Balaban J connectivity index is 1.46. The zero-order chi connectivity index (χ0) is 30.2. The van der Waals surface area contributed by atoms with Gasteiger partial charge in [-0.05, 0) is 60.0 Å². The number of hydrazone groups is 1. The van der Waals surface area contributed by atoms with Crippen molar-refractivity contribution in [2.45, 2.75) is 18.6 Å². The van der Waals surface area contributed by atoms with Crippen LogP contribution in [0.3, 0.4) is 0 Å². The van der Waals surface area contributed by atoms with E-state index in [0.717, 1.165) is 49.5 Å². The van der Waals surface area contributed by atoms with Crippen LogP contribution in [0.5, 0.6) is 0 Å².